The van der Waals surface area contributed by atoms with Gasteiger partial charge in [-0.25, -0.2) is 0 Å². The highest BCUT2D eigenvalue weighted by molar-refractivity contribution is 5.73. The highest BCUT2D eigenvalue weighted by Crippen LogP contribution is 2.35. The molecule has 2 aromatic rings. The standard InChI is InChI=1S/C24H24O2/c1-25-23-19(13-11-17-7-3-5-9-21(17)23)15-16-20-14-12-18-8-4-6-10-22(18)24(20)26-2/h3-10,15-16H,11-14H2,1-2H3. The van der Waals surface area contributed by atoms with Crippen molar-refractivity contribution in [3.8, 4) is 0 Å². The average molecular weight is 344 g/mol. The molecular formula is C24H24O2. The first-order valence-electron chi connectivity index (χ1n) is 9.20. The Hall–Kier alpha value is -2.74. The fourth-order valence-corrected chi connectivity index (χ4v) is 4.03. The minimum absolute atomic E-state index is 0.999. The lowest BCUT2D eigenvalue weighted by Crippen LogP contribution is -2.07. The quantitative estimate of drug-likeness (QED) is 0.724. The summed E-state index contributed by atoms with van der Waals surface area (Å²) < 4.78 is 11.5. The molecule has 2 aromatic carbocycles. The number of benzene rings is 2. The van der Waals surface area contributed by atoms with Crippen LogP contribution in [0.3, 0.4) is 0 Å². The summed E-state index contributed by atoms with van der Waals surface area (Å²) in [6, 6.07) is 17.0. The predicted molar refractivity (Wildman–Crippen MR) is 107 cm³/mol. The van der Waals surface area contributed by atoms with E-state index in [2.05, 4.69) is 60.7 Å². The summed E-state index contributed by atoms with van der Waals surface area (Å²) in [6.45, 7) is 0. The monoisotopic (exact) mass is 344 g/mol. The Morgan fingerprint density at radius 3 is 1.46 bits per heavy atom. The molecule has 132 valence electrons. The van der Waals surface area contributed by atoms with Crippen molar-refractivity contribution in [3.05, 3.63) is 94.1 Å². The van der Waals surface area contributed by atoms with Crippen LogP contribution in [0.15, 0.2) is 71.8 Å². The van der Waals surface area contributed by atoms with E-state index in [1.165, 1.54) is 33.4 Å². The van der Waals surface area contributed by atoms with Crippen LogP contribution in [0.5, 0.6) is 0 Å². The molecule has 4 rings (SSSR count). The van der Waals surface area contributed by atoms with Crippen LogP contribution in [-0.2, 0) is 22.3 Å². The van der Waals surface area contributed by atoms with Gasteiger partial charge in [0.25, 0.3) is 0 Å². The predicted octanol–water partition coefficient (Wildman–Crippen LogP) is 5.55. The van der Waals surface area contributed by atoms with E-state index in [1.807, 2.05) is 0 Å². The zero-order valence-corrected chi connectivity index (χ0v) is 15.4. The van der Waals surface area contributed by atoms with Crippen LogP contribution in [0, 0.1) is 0 Å². The van der Waals surface area contributed by atoms with E-state index in [1.54, 1.807) is 14.2 Å². The molecule has 2 aliphatic carbocycles. The summed E-state index contributed by atoms with van der Waals surface area (Å²) in [6.07, 6.45) is 8.56. The molecule has 0 saturated carbocycles. The molecule has 26 heavy (non-hydrogen) atoms. The molecule has 0 radical (unpaired) electrons. The number of aryl methyl sites for hydroxylation is 2. The van der Waals surface area contributed by atoms with Gasteiger partial charge in [-0.05, 0) is 48.0 Å². The lowest BCUT2D eigenvalue weighted by Gasteiger charge is -2.22. The van der Waals surface area contributed by atoms with Crippen LogP contribution in [0.4, 0.5) is 0 Å². The summed E-state index contributed by atoms with van der Waals surface area (Å²) in [5.41, 5.74) is 7.68. The Bertz CT molecular complexity index is 840. The van der Waals surface area contributed by atoms with Gasteiger partial charge in [-0.2, -0.15) is 0 Å². The third kappa shape index (κ3) is 2.96. The Kier molecular flexibility index (Phi) is 4.66. The maximum atomic E-state index is 5.76. The number of hydrogen-bond acceptors (Lipinski definition) is 2. The molecule has 0 spiro atoms. The zero-order chi connectivity index (χ0) is 17.9. The van der Waals surface area contributed by atoms with E-state index in [4.69, 9.17) is 9.47 Å². The third-order valence-electron chi connectivity index (χ3n) is 5.33. The van der Waals surface area contributed by atoms with Crippen LogP contribution in [0.1, 0.15) is 35.1 Å². The van der Waals surface area contributed by atoms with Gasteiger partial charge >= 0.3 is 0 Å². The van der Waals surface area contributed by atoms with Crippen molar-refractivity contribution in [1.29, 1.82) is 0 Å². The van der Waals surface area contributed by atoms with Gasteiger partial charge in [0.05, 0.1) is 14.2 Å². The second-order valence-corrected chi connectivity index (χ2v) is 6.76. The number of ether oxygens (including phenoxy) is 2. The van der Waals surface area contributed by atoms with Crippen molar-refractivity contribution < 1.29 is 9.47 Å². The molecule has 2 aliphatic rings. The average Bonchev–Trinajstić information content (AvgIpc) is 2.71. The zero-order valence-electron chi connectivity index (χ0n) is 15.4. The van der Waals surface area contributed by atoms with Gasteiger partial charge in [0.15, 0.2) is 0 Å². The minimum atomic E-state index is 0.999. The second-order valence-electron chi connectivity index (χ2n) is 6.76. The summed E-state index contributed by atoms with van der Waals surface area (Å²) in [5.74, 6) is 2.00. The number of hydrogen-bond donors (Lipinski definition) is 0. The van der Waals surface area contributed by atoms with Gasteiger partial charge in [0.2, 0.25) is 0 Å². The first-order chi connectivity index (χ1) is 12.8. The highest BCUT2D eigenvalue weighted by Gasteiger charge is 2.20. The molecule has 2 nitrogen and oxygen atoms in total. The molecule has 0 fully saturated rings. The van der Waals surface area contributed by atoms with Gasteiger partial charge in [0.1, 0.15) is 11.5 Å². The Balaban J connectivity index is 1.72. The topological polar surface area (TPSA) is 18.5 Å². The smallest absolute Gasteiger partial charge is 0.129 e. The van der Waals surface area contributed by atoms with Gasteiger partial charge in [0, 0.05) is 11.1 Å². The molecule has 0 atom stereocenters. The fraction of sp³-hybridized carbons (Fsp3) is 0.250. The van der Waals surface area contributed by atoms with Gasteiger partial charge < -0.3 is 9.47 Å². The normalized spacial score (nSPS) is 16.5. The van der Waals surface area contributed by atoms with Gasteiger partial charge in [-0.1, -0.05) is 60.7 Å². The van der Waals surface area contributed by atoms with Crippen LogP contribution < -0.4 is 0 Å². The van der Waals surface area contributed by atoms with E-state index in [-0.39, 0.29) is 0 Å². The van der Waals surface area contributed by atoms with E-state index in [0.717, 1.165) is 37.2 Å². The first kappa shape index (κ1) is 16.7. The summed E-state index contributed by atoms with van der Waals surface area (Å²) in [5, 5.41) is 0. The second kappa shape index (κ2) is 7.25. The van der Waals surface area contributed by atoms with E-state index >= 15 is 0 Å². The maximum absolute atomic E-state index is 5.76. The molecule has 0 N–H and O–H groups in total. The number of fused-ring (bicyclic) bond motifs is 2. The first-order valence-corrected chi connectivity index (χ1v) is 9.20. The summed E-state index contributed by atoms with van der Waals surface area (Å²) in [4.78, 5) is 0. The van der Waals surface area contributed by atoms with Crippen molar-refractivity contribution in [3.63, 3.8) is 0 Å². The molecule has 0 saturated heterocycles. The number of allylic oxidation sites excluding steroid dienone is 4. The SMILES string of the molecule is COC1=C(C=CC2=C(OC)c3ccccc3CC2)CCc2ccccc21. The molecule has 0 bridgehead atoms. The fourth-order valence-electron chi connectivity index (χ4n) is 4.03. The van der Waals surface area contributed by atoms with Gasteiger partial charge in [-0.15, -0.1) is 0 Å². The van der Waals surface area contributed by atoms with Crippen molar-refractivity contribution in [2.45, 2.75) is 25.7 Å². The molecular weight excluding hydrogens is 320 g/mol. The van der Waals surface area contributed by atoms with E-state index in [0.29, 0.717) is 0 Å². The minimum Gasteiger partial charge on any atom is -0.496 e. The number of methoxy groups -OCH3 is 2. The van der Waals surface area contributed by atoms with Gasteiger partial charge in [-0.3, -0.25) is 0 Å². The lowest BCUT2D eigenvalue weighted by atomic mass is 9.88. The maximum Gasteiger partial charge on any atom is 0.129 e. The van der Waals surface area contributed by atoms with Crippen LogP contribution in [0.25, 0.3) is 11.5 Å². The van der Waals surface area contributed by atoms with Crippen molar-refractivity contribution >= 4 is 11.5 Å². The Morgan fingerprint density at radius 2 is 1.04 bits per heavy atom. The summed E-state index contributed by atoms with van der Waals surface area (Å²) >= 11 is 0. The molecule has 0 unspecified atom stereocenters. The Morgan fingerprint density at radius 1 is 0.615 bits per heavy atom. The number of rotatable bonds is 4. The van der Waals surface area contributed by atoms with Crippen LogP contribution >= 0.6 is 0 Å². The molecule has 0 aromatic heterocycles. The highest BCUT2D eigenvalue weighted by atomic mass is 16.5. The third-order valence-corrected chi connectivity index (χ3v) is 5.33. The largest absolute Gasteiger partial charge is 0.496 e. The van der Waals surface area contributed by atoms with Crippen LogP contribution in [0.2, 0.25) is 0 Å². The van der Waals surface area contributed by atoms with Crippen molar-refractivity contribution in [2.24, 2.45) is 0 Å². The molecule has 0 heterocycles. The van der Waals surface area contributed by atoms with Crippen molar-refractivity contribution in [2.75, 3.05) is 14.2 Å². The Labute approximate surface area is 155 Å². The molecule has 0 amide bonds. The van der Waals surface area contributed by atoms with Crippen molar-refractivity contribution in [1.82, 2.24) is 0 Å². The van der Waals surface area contributed by atoms with Crippen LogP contribution in [-0.4, -0.2) is 14.2 Å². The molecule has 0 aliphatic heterocycles. The summed E-state index contributed by atoms with van der Waals surface area (Å²) in [7, 11) is 3.53. The van der Waals surface area contributed by atoms with E-state index in [9.17, 15) is 0 Å². The molecule has 2 heteroatoms. The lowest BCUT2D eigenvalue weighted by molar-refractivity contribution is 0.363. The van der Waals surface area contributed by atoms with E-state index < -0.39 is 0 Å².